The van der Waals surface area contributed by atoms with Crippen LogP contribution in [0.4, 0.5) is 5.82 Å². The van der Waals surface area contributed by atoms with E-state index in [1.807, 2.05) is 74.9 Å². The molecule has 5 heterocycles. The highest BCUT2D eigenvalue weighted by atomic mass is 32.1. The molecule has 0 bridgehead atoms. The van der Waals surface area contributed by atoms with Gasteiger partial charge in [-0.2, -0.15) is 0 Å². The van der Waals surface area contributed by atoms with Crippen LogP contribution in [-0.4, -0.2) is 69.3 Å². The minimum Gasteiger partial charge on any atom is -0.382 e. The van der Waals surface area contributed by atoms with Crippen LogP contribution >= 0.6 is 11.3 Å². The van der Waals surface area contributed by atoms with Crippen LogP contribution < -0.4 is 11.1 Å². The third-order valence-electron chi connectivity index (χ3n) is 9.01. The van der Waals surface area contributed by atoms with Crippen LogP contribution in [0.3, 0.4) is 0 Å². The number of thiazole rings is 1. The fraction of sp³-hybridized carbons (Fsp3) is 0.222. The normalized spacial score (nSPS) is 14.3. The van der Waals surface area contributed by atoms with Crippen molar-refractivity contribution in [1.29, 1.82) is 0 Å². The first kappa shape index (κ1) is 31.3. The van der Waals surface area contributed by atoms with Gasteiger partial charge in [0, 0.05) is 24.2 Å². The number of nitrogens with one attached hydrogen (secondary N) is 1. The molecule has 1 fully saturated rings. The van der Waals surface area contributed by atoms with Crippen LogP contribution in [-0.2, 0) is 13.0 Å². The van der Waals surface area contributed by atoms with Crippen molar-refractivity contribution in [1.82, 2.24) is 49.7 Å². The Balaban J connectivity index is 0.916. The number of amides is 2. The lowest BCUT2D eigenvalue weighted by Crippen LogP contribution is -2.39. The molecule has 13 nitrogen and oxygen atoms in total. The molecular formula is C36H33N11O2S. The van der Waals surface area contributed by atoms with E-state index in [9.17, 15) is 9.59 Å². The molecule has 14 heteroatoms. The number of hydrogen-bond donors (Lipinski definition) is 2. The third kappa shape index (κ3) is 6.40. The molecule has 8 rings (SSSR count). The van der Waals surface area contributed by atoms with Crippen molar-refractivity contribution in [2.24, 2.45) is 0 Å². The molecule has 1 saturated heterocycles. The molecule has 1 aliphatic rings. The van der Waals surface area contributed by atoms with Gasteiger partial charge >= 0.3 is 0 Å². The van der Waals surface area contributed by atoms with Gasteiger partial charge in [-0.05, 0) is 55.2 Å². The molecule has 3 N–H and O–H groups in total. The molecule has 1 atom stereocenters. The molecule has 2 amide bonds. The summed E-state index contributed by atoms with van der Waals surface area (Å²) in [4.78, 5) is 46.6. The van der Waals surface area contributed by atoms with Crippen molar-refractivity contribution in [2.45, 2.75) is 37.9 Å². The number of para-hydroxylation sites is 1. The van der Waals surface area contributed by atoms with Gasteiger partial charge in [-0.15, -0.1) is 16.4 Å². The molecule has 1 unspecified atom stereocenters. The monoisotopic (exact) mass is 683 g/mol. The highest BCUT2D eigenvalue weighted by molar-refractivity contribution is 7.18. The van der Waals surface area contributed by atoms with E-state index in [1.54, 1.807) is 41.9 Å². The molecule has 1 aliphatic heterocycles. The molecular weight excluding hydrogens is 651 g/mol. The Bertz CT molecular complexity index is 2270. The second kappa shape index (κ2) is 13.5. The fourth-order valence-corrected chi connectivity index (χ4v) is 7.41. The molecule has 7 aromatic rings. The summed E-state index contributed by atoms with van der Waals surface area (Å²) < 4.78 is 4.81. The number of imidazole rings is 1. The number of likely N-dealkylation sites (tertiary alicyclic amines) is 1. The smallest absolute Gasteiger partial charge is 0.253 e. The van der Waals surface area contributed by atoms with Gasteiger partial charge in [-0.1, -0.05) is 53.7 Å². The first-order chi connectivity index (χ1) is 24.5. The first-order valence-electron chi connectivity index (χ1n) is 16.4. The van der Waals surface area contributed by atoms with Crippen molar-refractivity contribution in [3.05, 3.63) is 125 Å². The first-order valence-corrected chi connectivity index (χ1v) is 17.2. The highest BCUT2D eigenvalue weighted by Gasteiger charge is 2.27. The lowest BCUT2D eigenvalue weighted by Gasteiger charge is -2.32. The molecule has 3 aromatic carbocycles. The summed E-state index contributed by atoms with van der Waals surface area (Å²) in [7, 11) is 0. The van der Waals surface area contributed by atoms with Gasteiger partial charge in [0.05, 0.1) is 41.4 Å². The number of rotatable bonds is 9. The maximum absolute atomic E-state index is 13.7. The van der Waals surface area contributed by atoms with Crippen LogP contribution in [0.1, 0.15) is 61.9 Å². The van der Waals surface area contributed by atoms with Crippen LogP contribution in [0.15, 0.2) is 97.7 Å². The van der Waals surface area contributed by atoms with Gasteiger partial charge < -0.3 is 20.5 Å². The number of hydrogen-bond acceptors (Lipinski definition) is 10. The SMILES string of the molecule is Nc1ncnc2c1ncn2Cc1cn(C2CCN(C(=O)c3cccc(C(=O)NC(Cc4ccccc4)c4nc5ccccc5s4)c3)CC2)nn1. The number of nitrogens with two attached hydrogens (primary N) is 1. The molecule has 50 heavy (non-hydrogen) atoms. The average Bonchev–Trinajstić information content (AvgIpc) is 3.91. The molecule has 4 aromatic heterocycles. The molecule has 250 valence electrons. The van der Waals surface area contributed by atoms with Gasteiger partial charge in [0.15, 0.2) is 11.5 Å². The third-order valence-corrected chi connectivity index (χ3v) is 10.2. The van der Waals surface area contributed by atoms with Crippen LogP contribution in [0, 0.1) is 0 Å². The Morgan fingerprint density at radius 1 is 0.940 bits per heavy atom. The van der Waals surface area contributed by atoms with E-state index in [-0.39, 0.29) is 23.9 Å². The van der Waals surface area contributed by atoms with Crippen molar-refractivity contribution >= 4 is 50.3 Å². The fourth-order valence-electron chi connectivity index (χ4n) is 6.39. The number of nitrogen functional groups attached to an aromatic ring is 1. The second-order valence-corrected chi connectivity index (χ2v) is 13.4. The average molecular weight is 684 g/mol. The maximum Gasteiger partial charge on any atom is 0.253 e. The van der Waals surface area contributed by atoms with Crippen LogP contribution in [0.5, 0.6) is 0 Å². The molecule has 0 radical (unpaired) electrons. The van der Waals surface area contributed by atoms with Crippen molar-refractivity contribution in [3.8, 4) is 0 Å². The zero-order valence-corrected chi connectivity index (χ0v) is 27.8. The molecule has 0 saturated carbocycles. The Labute approximate surface area is 290 Å². The second-order valence-electron chi connectivity index (χ2n) is 12.3. The predicted octanol–water partition coefficient (Wildman–Crippen LogP) is 4.85. The summed E-state index contributed by atoms with van der Waals surface area (Å²) in [5, 5.41) is 12.8. The van der Waals surface area contributed by atoms with E-state index < -0.39 is 0 Å². The number of piperidine rings is 1. The van der Waals surface area contributed by atoms with E-state index in [0.29, 0.717) is 54.2 Å². The lowest BCUT2D eigenvalue weighted by molar-refractivity contribution is 0.0689. The Hall–Kier alpha value is -6.02. The van der Waals surface area contributed by atoms with Crippen molar-refractivity contribution in [2.75, 3.05) is 18.8 Å². The van der Waals surface area contributed by atoms with E-state index in [0.717, 1.165) is 39.3 Å². The summed E-state index contributed by atoms with van der Waals surface area (Å²) in [5.74, 6) is -0.0143. The summed E-state index contributed by atoms with van der Waals surface area (Å²) in [5.41, 5.74) is 10.8. The van der Waals surface area contributed by atoms with E-state index in [2.05, 4.69) is 30.6 Å². The molecule has 0 spiro atoms. The zero-order valence-electron chi connectivity index (χ0n) is 27.0. The summed E-state index contributed by atoms with van der Waals surface area (Å²) in [6.45, 7) is 1.57. The van der Waals surface area contributed by atoms with Gasteiger partial charge in [-0.25, -0.2) is 24.6 Å². The zero-order chi connectivity index (χ0) is 34.0. The topological polar surface area (TPSA) is 163 Å². The summed E-state index contributed by atoms with van der Waals surface area (Å²) in [6, 6.07) is 24.8. The standard InChI is InChI=1S/C36H33N11O2S/c37-32-31-33(39-21-38-32)46(22-40-31)19-26-20-47(44-43-26)27-13-15-45(16-14-27)36(49)25-10-6-9-24(18-25)34(48)41-29(17-23-7-2-1-3-8-23)35-42-28-11-4-5-12-30(28)50-35/h1-12,18,20-22,27,29H,13-17,19H2,(H,41,48)(H2,37,38,39). The number of aromatic nitrogens is 8. The highest BCUT2D eigenvalue weighted by Crippen LogP contribution is 2.29. The van der Waals surface area contributed by atoms with Crippen molar-refractivity contribution in [3.63, 3.8) is 0 Å². The van der Waals surface area contributed by atoms with Crippen LogP contribution in [0.25, 0.3) is 21.4 Å². The maximum atomic E-state index is 13.7. The van der Waals surface area contributed by atoms with E-state index >= 15 is 0 Å². The predicted molar refractivity (Wildman–Crippen MR) is 189 cm³/mol. The van der Waals surface area contributed by atoms with Crippen LogP contribution in [0.2, 0.25) is 0 Å². The van der Waals surface area contributed by atoms with Crippen molar-refractivity contribution < 1.29 is 9.59 Å². The Morgan fingerprint density at radius 2 is 1.74 bits per heavy atom. The van der Waals surface area contributed by atoms with E-state index in [4.69, 9.17) is 10.7 Å². The minimum atomic E-state index is -0.329. The largest absolute Gasteiger partial charge is 0.382 e. The number of benzene rings is 3. The summed E-state index contributed by atoms with van der Waals surface area (Å²) >= 11 is 1.58. The minimum absolute atomic E-state index is 0.0994. The quantitative estimate of drug-likeness (QED) is 0.217. The number of carbonyl (C=O) groups is 2. The number of fused-ring (bicyclic) bond motifs is 2. The number of carbonyl (C=O) groups excluding carboxylic acids is 2. The lowest BCUT2D eigenvalue weighted by atomic mass is 10.0. The Kier molecular flexibility index (Phi) is 8.42. The van der Waals surface area contributed by atoms with Gasteiger partial charge in [0.25, 0.3) is 11.8 Å². The summed E-state index contributed by atoms with van der Waals surface area (Å²) in [6.07, 6.45) is 7.08. The number of nitrogens with zero attached hydrogens (tertiary/aromatic N) is 9. The van der Waals surface area contributed by atoms with Gasteiger partial charge in [0.2, 0.25) is 0 Å². The number of anilines is 1. The van der Waals surface area contributed by atoms with E-state index in [1.165, 1.54) is 6.33 Å². The Morgan fingerprint density at radius 3 is 2.58 bits per heavy atom. The van der Waals surface area contributed by atoms with Gasteiger partial charge in [-0.3, -0.25) is 9.59 Å². The van der Waals surface area contributed by atoms with Gasteiger partial charge in [0.1, 0.15) is 22.5 Å². The molecule has 0 aliphatic carbocycles.